The summed E-state index contributed by atoms with van der Waals surface area (Å²) in [6.45, 7) is 0.973. The molecule has 0 unspecified atom stereocenters. The number of hydrogen-bond acceptors (Lipinski definition) is 3. The molecule has 0 radical (unpaired) electrons. The van der Waals surface area contributed by atoms with E-state index < -0.39 is 0 Å². The number of aromatic nitrogens is 2. The van der Waals surface area contributed by atoms with Gasteiger partial charge in [-0.25, -0.2) is 0 Å². The van der Waals surface area contributed by atoms with E-state index in [1.54, 1.807) is 6.20 Å². The first-order chi connectivity index (χ1) is 7.79. The highest BCUT2D eigenvalue weighted by Gasteiger charge is 2.26. The van der Waals surface area contributed by atoms with E-state index in [2.05, 4.69) is 5.10 Å². The molecule has 1 fully saturated rings. The molecule has 88 valence electrons. The summed E-state index contributed by atoms with van der Waals surface area (Å²) in [5.41, 5.74) is 0. The number of ether oxygens (including phenoxy) is 1. The van der Waals surface area contributed by atoms with Gasteiger partial charge in [0.05, 0.1) is 13.0 Å². The SMILES string of the molecule is COC(=O)C1CCC(Cn2cccn2)CC1. The molecule has 0 bridgehead atoms. The lowest BCUT2D eigenvalue weighted by Gasteiger charge is -2.26. The molecule has 2 rings (SSSR count). The van der Waals surface area contributed by atoms with Crippen molar-refractivity contribution in [1.82, 2.24) is 9.78 Å². The Hall–Kier alpha value is -1.32. The zero-order valence-corrected chi connectivity index (χ0v) is 9.63. The first kappa shape index (κ1) is 11.2. The molecule has 0 aromatic carbocycles. The average molecular weight is 222 g/mol. The summed E-state index contributed by atoms with van der Waals surface area (Å²) in [4.78, 5) is 11.4. The van der Waals surface area contributed by atoms with E-state index in [0.717, 1.165) is 32.2 Å². The maximum Gasteiger partial charge on any atom is 0.308 e. The van der Waals surface area contributed by atoms with Crippen molar-refractivity contribution in [2.24, 2.45) is 11.8 Å². The second-order valence-corrected chi connectivity index (χ2v) is 4.47. The molecule has 1 saturated carbocycles. The Bertz CT molecular complexity index is 327. The van der Waals surface area contributed by atoms with E-state index in [0.29, 0.717) is 5.92 Å². The molecule has 1 aliphatic carbocycles. The van der Waals surface area contributed by atoms with Crippen LogP contribution in [-0.4, -0.2) is 22.9 Å². The van der Waals surface area contributed by atoms with E-state index in [9.17, 15) is 4.79 Å². The van der Waals surface area contributed by atoms with Crippen LogP contribution in [-0.2, 0) is 16.1 Å². The second-order valence-electron chi connectivity index (χ2n) is 4.47. The summed E-state index contributed by atoms with van der Waals surface area (Å²) in [6, 6.07) is 1.94. The Morgan fingerprint density at radius 3 is 2.75 bits per heavy atom. The molecule has 0 N–H and O–H groups in total. The Balaban J connectivity index is 1.79. The monoisotopic (exact) mass is 222 g/mol. The summed E-state index contributed by atoms with van der Waals surface area (Å²) in [7, 11) is 1.47. The van der Waals surface area contributed by atoms with Crippen LogP contribution in [0.5, 0.6) is 0 Å². The average Bonchev–Trinajstić information content (AvgIpc) is 2.82. The van der Waals surface area contributed by atoms with Crippen LogP contribution in [0.25, 0.3) is 0 Å². The molecule has 0 aliphatic heterocycles. The van der Waals surface area contributed by atoms with Crippen LogP contribution < -0.4 is 0 Å². The van der Waals surface area contributed by atoms with Crippen LogP contribution in [0.1, 0.15) is 25.7 Å². The smallest absolute Gasteiger partial charge is 0.308 e. The van der Waals surface area contributed by atoms with Gasteiger partial charge in [-0.15, -0.1) is 0 Å². The standard InChI is InChI=1S/C12H18N2O2/c1-16-12(15)11-5-3-10(4-6-11)9-14-8-2-7-13-14/h2,7-8,10-11H,3-6,9H2,1H3. The molecule has 0 saturated heterocycles. The highest BCUT2D eigenvalue weighted by Crippen LogP contribution is 2.30. The molecule has 4 nitrogen and oxygen atoms in total. The predicted octanol–water partition coefficient (Wildman–Crippen LogP) is 1.86. The van der Waals surface area contributed by atoms with E-state index in [4.69, 9.17) is 4.74 Å². The first-order valence-corrected chi connectivity index (χ1v) is 5.85. The van der Waals surface area contributed by atoms with Crippen molar-refractivity contribution in [2.45, 2.75) is 32.2 Å². The highest BCUT2D eigenvalue weighted by atomic mass is 16.5. The van der Waals surface area contributed by atoms with E-state index in [1.165, 1.54) is 7.11 Å². The molecule has 1 aromatic rings. The molecule has 0 amide bonds. The lowest BCUT2D eigenvalue weighted by atomic mass is 9.82. The van der Waals surface area contributed by atoms with Crippen molar-refractivity contribution < 1.29 is 9.53 Å². The maximum atomic E-state index is 11.4. The van der Waals surface area contributed by atoms with Gasteiger partial charge in [-0.1, -0.05) is 0 Å². The number of rotatable bonds is 3. The number of carbonyl (C=O) groups excluding carboxylic acids is 1. The lowest BCUT2D eigenvalue weighted by molar-refractivity contribution is -0.146. The third kappa shape index (κ3) is 2.62. The molecule has 1 aromatic heterocycles. The topological polar surface area (TPSA) is 44.1 Å². The Kier molecular flexibility index (Phi) is 3.59. The van der Waals surface area contributed by atoms with Crippen molar-refractivity contribution >= 4 is 5.97 Å². The van der Waals surface area contributed by atoms with Crippen LogP contribution in [0.15, 0.2) is 18.5 Å². The van der Waals surface area contributed by atoms with Crippen molar-refractivity contribution in [3.63, 3.8) is 0 Å². The molecule has 0 atom stereocenters. The van der Waals surface area contributed by atoms with Crippen LogP contribution in [0, 0.1) is 11.8 Å². The Morgan fingerprint density at radius 1 is 1.44 bits per heavy atom. The summed E-state index contributed by atoms with van der Waals surface area (Å²) in [5, 5.41) is 4.21. The Labute approximate surface area is 95.6 Å². The number of nitrogens with zero attached hydrogens (tertiary/aromatic N) is 2. The maximum absolute atomic E-state index is 11.4. The van der Waals surface area contributed by atoms with Gasteiger partial charge in [0, 0.05) is 18.9 Å². The zero-order chi connectivity index (χ0) is 11.4. The van der Waals surface area contributed by atoms with Crippen molar-refractivity contribution in [3.8, 4) is 0 Å². The predicted molar refractivity (Wildman–Crippen MR) is 59.7 cm³/mol. The third-order valence-electron chi connectivity index (χ3n) is 3.39. The van der Waals surface area contributed by atoms with Crippen LogP contribution >= 0.6 is 0 Å². The normalized spacial score (nSPS) is 25.3. The molecule has 0 spiro atoms. The van der Waals surface area contributed by atoms with Gasteiger partial charge in [0.1, 0.15) is 0 Å². The summed E-state index contributed by atoms with van der Waals surface area (Å²) < 4.78 is 6.75. The number of hydrogen-bond donors (Lipinski definition) is 0. The van der Waals surface area contributed by atoms with Gasteiger partial charge in [-0.05, 0) is 37.7 Å². The lowest BCUT2D eigenvalue weighted by Crippen LogP contribution is -2.25. The minimum absolute atomic E-state index is 0.0439. The van der Waals surface area contributed by atoms with Crippen LogP contribution in [0.2, 0.25) is 0 Å². The zero-order valence-electron chi connectivity index (χ0n) is 9.63. The van der Waals surface area contributed by atoms with E-state index in [1.807, 2.05) is 16.9 Å². The summed E-state index contributed by atoms with van der Waals surface area (Å²) in [6.07, 6.45) is 7.91. The second kappa shape index (κ2) is 5.14. The van der Waals surface area contributed by atoms with Gasteiger partial charge in [0.2, 0.25) is 0 Å². The van der Waals surface area contributed by atoms with Gasteiger partial charge in [0.25, 0.3) is 0 Å². The molecule has 4 heteroatoms. The summed E-state index contributed by atoms with van der Waals surface area (Å²) >= 11 is 0. The minimum atomic E-state index is -0.0439. The fraction of sp³-hybridized carbons (Fsp3) is 0.667. The van der Waals surface area contributed by atoms with Gasteiger partial charge in [-0.2, -0.15) is 5.10 Å². The van der Waals surface area contributed by atoms with Crippen molar-refractivity contribution in [1.29, 1.82) is 0 Å². The van der Waals surface area contributed by atoms with Crippen LogP contribution in [0.4, 0.5) is 0 Å². The largest absolute Gasteiger partial charge is 0.469 e. The number of methoxy groups -OCH3 is 1. The van der Waals surface area contributed by atoms with Gasteiger partial charge >= 0.3 is 5.97 Å². The Morgan fingerprint density at radius 2 is 2.19 bits per heavy atom. The first-order valence-electron chi connectivity index (χ1n) is 5.85. The highest BCUT2D eigenvalue weighted by molar-refractivity contribution is 5.72. The van der Waals surface area contributed by atoms with Gasteiger partial charge < -0.3 is 4.74 Å². The van der Waals surface area contributed by atoms with Crippen molar-refractivity contribution in [2.75, 3.05) is 7.11 Å². The molecule has 16 heavy (non-hydrogen) atoms. The molecular formula is C12H18N2O2. The molecule has 1 aliphatic rings. The summed E-state index contributed by atoms with van der Waals surface area (Å²) in [5.74, 6) is 0.734. The third-order valence-corrected chi connectivity index (χ3v) is 3.39. The van der Waals surface area contributed by atoms with Crippen LogP contribution in [0.3, 0.4) is 0 Å². The van der Waals surface area contributed by atoms with E-state index >= 15 is 0 Å². The molecular weight excluding hydrogens is 204 g/mol. The number of esters is 1. The molecule has 1 heterocycles. The quantitative estimate of drug-likeness (QED) is 0.733. The minimum Gasteiger partial charge on any atom is -0.469 e. The van der Waals surface area contributed by atoms with E-state index in [-0.39, 0.29) is 11.9 Å². The number of carbonyl (C=O) groups is 1. The fourth-order valence-electron chi connectivity index (χ4n) is 2.42. The van der Waals surface area contributed by atoms with Gasteiger partial charge in [-0.3, -0.25) is 9.48 Å². The fourth-order valence-corrected chi connectivity index (χ4v) is 2.42. The van der Waals surface area contributed by atoms with Gasteiger partial charge in [0.15, 0.2) is 0 Å². The van der Waals surface area contributed by atoms with Crippen molar-refractivity contribution in [3.05, 3.63) is 18.5 Å².